The van der Waals surface area contributed by atoms with Crippen molar-refractivity contribution in [3.63, 3.8) is 0 Å². The van der Waals surface area contributed by atoms with E-state index < -0.39 is 0 Å². The van der Waals surface area contributed by atoms with Gasteiger partial charge in [-0.05, 0) is 67.7 Å². The summed E-state index contributed by atoms with van der Waals surface area (Å²) in [5.41, 5.74) is 3.30. The van der Waals surface area contributed by atoms with Gasteiger partial charge in [0, 0.05) is 24.6 Å². The minimum absolute atomic E-state index is 0.0314. The van der Waals surface area contributed by atoms with Crippen LogP contribution in [0.15, 0.2) is 78.0 Å². The maximum atomic E-state index is 13.2. The highest BCUT2D eigenvalue weighted by Gasteiger charge is 2.28. The number of carbonyl (C=O) groups excluding carboxylic acids is 2. The Morgan fingerprint density at radius 1 is 1.03 bits per heavy atom. The molecule has 0 N–H and O–H groups in total. The summed E-state index contributed by atoms with van der Waals surface area (Å²) in [6, 6.07) is 5.42. The average molecular weight is 502 g/mol. The van der Waals surface area contributed by atoms with E-state index in [9.17, 15) is 9.59 Å². The zero-order valence-electron chi connectivity index (χ0n) is 22.2. The van der Waals surface area contributed by atoms with Crippen LogP contribution in [0, 0.1) is 11.8 Å². The van der Waals surface area contributed by atoms with Gasteiger partial charge in [0.1, 0.15) is 17.1 Å². The van der Waals surface area contributed by atoms with Gasteiger partial charge in [-0.2, -0.15) is 0 Å². The highest BCUT2D eigenvalue weighted by atomic mass is 16.5. The normalized spacial score (nSPS) is 19.4. The maximum absolute atomic E-state index is 13.2. The SMILES string of the molecule is C=C(CCCCC1CCN(C(=O)c2c(OC)cccc2OC)CC1)C(=O)C1=CC2CC=CCC=C2C=C1. The van der Waals surface area contributed by atoms with Crippen molar-refractivity contribution in [2.45, 2.75) is 51.4 Å². The second kappa shape index (κ2) is 12.8. The third-order valence-electron chi connectivity index (χ3n) is 7.78. The molecule has 1 saturated heterocycles. The Morgan fingerprint density at radius 3 is 2.46 bits per heavy atom. The molecule has 0 spiro atoms. The average Bonchev–Trinajstić information content (AvgIpc) is 3.19. The minimum atomic E-state index is -0.0314. The van der Waals surface area contributed by atoms with Crippen molar-refractivity contribution in [2.24, 2.45) is 11.8 Å². The Bertz CT molecular complexity index is 1110. The van der Waals surface area contributed by atoms with Crippen LogP contribution in [0.2, 0.25) is 0 Å². The molecule has 196 valence electrons. The molecule has 5 heteroatoms. The van der Waals surface area contributed by atoms with Crippen molar-refractivity contribution >= 4 is 11.7 Å². The van der Waals surface area contributed by atoms with Crippen molar-refractivity contribution < 1.29 is 19.1 Å². The number of hydrogen-bond donors (Lipinski definition) is 0. The number of benzene rings is 1. The molecule has 2 aliphatic carbocycles. The fourth-order valence-electron chi connectivity index (χ4n) is 5.53. The Morgan fingerprint density at radius 2 is 1.76 bits per heavy atom. The molecule has 0 saturated carbocycles. The summed E-state index contributed by atoms with van der Waals surface area (Å²) >= 11 is 0. The molecular weight excluding hydrogens is 462 g/mol. The number of rotatable bonds is 10. The number of fused-ring (bicyclic) bond motifs is 1. The minimum Gasteiger partial charge on any atom is -0.496 e. The van der Waals surface area contributed by atoms with Crippen LogP contribution in [-0.2, 0) is 4.79 Å². The zero-order valence-corrected chi connectivity index (χ0v) is 22.2. The number of amides is 1. The van der Waals surface area contributed by atoms with Gasteiger partial charge in [-0.15, -0.1) is 0 Å². The summed E-state index contributed by atoms with van der Waals surface area (Å²) in [6.45, 7) is 5.58. The molecule has 5 nitrogen and oxygen atoms in total. The first-order valence-electron chi connectivity index (χ1n) is 13.5. The van der Waals surface area contributed by atoms with Crippen molar-refractivity contribution in [3.05, 3.63) is 83.5 Å². The quantitative estimate of drug-likeness (QED) is 0.205. The van der Waals surface area contributed by atoms with E-state index in [1.54, 1.807) is 26.4 Å². The first-order chi connectivity index (χ1) is 18.0. The third-order valence-corrected chi connectivity index (χ3v) is 7.78. The number of Topliss-reactive ketones (excluding diaryl/α,β-unsaturated/α-hetero) is 1. The van der Waals surface area contributed by atoms with Crippen LogP contribution in [0.3, 0.4) is 0 Å². The number of piperidine rings is 1. The molecule has 1 aromatic rings. The molecule has 0 bridgehead atoms. The van der Waals surface area contributed by atoms with Crippen LogP contribution < -0.4 is 9.47 Å². The van der Waals surface area contributed by atoms with E-state index >= 15 is 0 Å². The lowest BCUT2D eigenvalue weighted by Crippen LogP contribution is -2.38. The van der Waals surface area contributed by atoms with Crippen molar-refractivity contribution in [1.82, 2.24) is 4.90 Å². The van der Waals surface area contributed by atoms with Gasteiger partial charge in [0.05, 0.1) is 14.2 Å². The van der Waals surface area contributed by atoms with E-state index in [0.717, 1.165) is 70.0 Å². The zero-order chi connectivity index (χ0) is 26.2. The molecule has 1 aromatic carbocycles. The number of ether oxygens (including phenoxy) is 2. The molecule has 1 atom stereocenters. The molecule has 1 unspecified atom stereocenters. The number of allylic oxidation sites excluding steroid dienone is 9. The van der Waals surface area contributed by atoms with Crippen LogP contribution in [0.4, 0.5) is 0 Å². The molecule has 3 aliphatic rings. The number of unbranched alkanes of at least 4 members (excludes halogenated alkanes) is 1. The number of hydrogen-bond acceptors (Lipinski definition) is 4. The van der Waals surface area contributed by atoms with Gasteiger partial charge in [0.15, 0.2) is 5.78 Å². The van der Waals surface area contributed by atoms with Gasteiger partial charge in [-0.25, -0.2) is 0 Å². The Labute approximate surface area is 221 Å². The summed E-state index contributed by atoms with van der Waals surface area (Å²) in [7, 11) is 3.15. The fraction of sp³-hybridized carbons (Fsp3) is 0.438. The van der Waals surface area contributed by atoms with Gasteiger partial charge in [-0.3, -0.25) is 9.59 Å². The predicted molar refractivity (Wildman–Crippen MR) is 148 cm³/mol. The van der Waals surface area contributed by atoms with Crippen LogP contribution in [0.1, 0.15) is 61.7 Å². The van der Waals surface area contributed by atoms with Crippen LogP contribution in [-0.4, -0.2) is 43.9 Å². The summed E-state index contributed by atoms with van der Waals surface area (Å²) in [5, 5.41) is 0. The fourth-order valence-corrected chi connectivity index (χ4v) is 5.53. The lowest BCUT2D eigenvalue weighted by molar-refractivity contribution is -0.112. The molecule has 1 aliphatic heterocycles. The molecule has 1 amide bonds. The predicted octanol–water partition coefficient (Wildman–Crippen LogP) is 6.63. The van der Waals surface area contributed by atoms with Crippen molar-refractivity contribution in [1.29, 1.82) is 0 Å². The number of ketones is 1. The first kappa shape index (κ1) is 26.7. The van der Waals surface area contributed by atoms with Crippen molar-refractivity contribution in [2.75, 3.05) is 27.3 Å². The van der Waals surface area contributed by atoms with E-state index in [1.165, 1.54) is 5.57 Å². The topological polar surface area (TPSA) is 55.8 Å². The Hall–Kier alpha value is -3.34. The van der Waals surface area contributed by atoms with E-state index in [4.69, 9.17) is 9.47 Å². The molecular formula is C32H39NO4. The first-order valence-corrected chi connectivity index (χ1v) is 13.5. The molecule has 1 fully saturated rings. The number of carbonyl (C=O) groups is 2. The highest BCUT2D eigenvalue weighted by Crippen LogP contribution is 2.32. The third kappa shape index (κ3) is 6.51. The van der Waals surface area contributed by atoms with Crippen LogP contribution in [0.25, 0.3) is 0 Å². The van der Waals surface area contributed by atoms with Gasteiger partial charge < -0.3 is 14.4 Å². The van der Waals surface area contributed by atoms with Crippen LogP contribution in [0.5, 0.6) is 11.5 Å². The van der Waals surface area contributed by atoms with E-state index in [1.807, 2.05) is 17.0 Å². The van der Waals surface area contributed by atoms with Gasteiger partial charge in [-0.1, -0.05) is 61.9 Å². The van der Waals surface area contributed by atoms with Gasteiger partial charge in [0.25, 0.3) is 5.91 Å². The lowest BCUT2D eigenvalue weighted by Gasteiger charge is -2.32. The van der Waals surface area contributed by atoms with Crippen LogP contribution >= 0.6 is 0 Å². The molecule has 0 aromatic heterocycles. The summed E-state index contributed by atoms with van der Waals surface area (Å²) in [6.07, 6.45) is 20.6. The monoisotopic (exact) mass is 501 g/mol. The van der Waals surface area contributed by atoms with Gasteiger partial charge >= 0.3 is 0 Å². The number of likely N-dealkylation sites (tertiary alicyclic amines) is 1. The van der Waals surface area contributed by atoms with Gasteiger partial charge in [0.2, 0.25) is 0 Å². The maximum Gasteiger partial charge on any atom is 0.261 e. The lowest BCUT2D eigenvalue weighted by atomic mass is 9.86. The second-order valence-corrected chi connectivity index (χ2v) is 10.2. The highest BCUT2D eigenvalue weighted by molar-refractivity contribution is 6.10. The molecule has 37 heavy (non-hydrogen) atoms. The standard InChI is InChI=1S/C32H39NO4/c1-23(31(34)27-17-16-25-12-5-4-6-13-26(25)22-27)10-7-8-11-24-18-20-33(21-19-24)32(35)30-28(36-2)14-9-15-29(30)37-3/h4,6,9,12,14-17,22,24,26H,1,5,7-8,10-11,13,18-21H2,2-3H3. The Kier molecular flexibility index (Phi) is 9.21. The summed E-state index contributed by atoms with van der Waals surface area (Å²) < 4.78 is 10.8. The molecule has 0 radical (unpaired) electrons. The smallest absolute Gasteiger partial charge is 0.261 e. The number of nitrogens with zero attached hydrogens (tertiary/aromatic N) is 1. The van der Waals surface area contributed by atoms with E-state index in [-0.39, 0.29) is 11.7 Å². The molecule has 4 rings (SSSR count). The second-order valence-electron chi connectivity index (χ2n) is 10.2. The summed E-state index contributed by atoms with van der Waals surface area (Å²) in [4.78, 5) is 28.1. The summed E-state index contributed by atoms with van der Waals surface area (Å²) in [5.74, 6) is 2.05. The van der Waals surface area contributed by atoms with Crippen molar-refractivity contribution in [3.8, 4) is 11.5 Å². The Balaban J connectivity index is 1.20. The van der Waals surface area contributed by atoms with E-state index in [2.05, 4.69) is 37.0 Å². The largest absolute Gasteiger partial charge is 0.496 e. The molecule has 1 heterocycles. The van der Waals surface area contributed by atoms with E-state index in [0.29, 0.717) is 34.5 Å². The number of methoxy groups -OCH3 is 2.